The fourth-order valence-electron chi connectivity index (χ4n) is 1.34. The Morgan fingerprint density at radius 3 is 2.80 bits per heavy atom. The summed E-state index contributed by atoms with van der Waals surface area (Å²) in [5, 5.41) is 22.6. The summed E-state index contributed by atoms with van der Waals surface area (Å²) in [4.78, 5) is 21.5. The van der Waals surface area contributed by atoms with E-state index in [4.69, 9.17) is 4.74 Å². The molecule has 1 aromatic rings. The molecule has 0 bridgehead atoms. The molecule has 110 valence electrons. The van der Waals surface area contributed by atoms with Gasteiger partial charge < -0.3 is 15.2 Å². The summed E-state index contributed by atoms with van der Waals surface area (Å²) >= 11 is 0. The number of non-ortho nitro benzene ring substituents is 1. The number of benzene rings is 1. The van der Waals surface area contributed by atoms with Gasteiger partial charge in [-0.05, 0) is 12.0 Å². The number of nitro benzene ring substituents is 1. The van der Waals surface area contributed by atoms with Crippen molar-refractivity contribution in [3.8, 4) is 5.75 Å². The number of nitro groups is 1. The molecule has 0 aliphatic heterocycles. The Hall–Kier alpha value is -2.15. The smallest absolute Gasteiger partial charge is 0.273 e. The fraction of sp³-hybridized carbons (Fsp3) is 0.462. The summed E-state index contributed by atoms with van der Waals surface area (Å²) in [5.74, 6) is -0.0945. The van der Waals surface area contributed by atoms with Crippen molar-refractivity contribution in [2.24, 2.45) is 5.92 Å². The van der Waals surface area contributed by atoms with E-state index in [1.54, 1.807) is 0 Å². The minimum Gasteiger partial charge on any atom is -0.484 e. The van der Waals surface area contributed by atoms with Gasteiger partial charge in [-0.15, -0.1) is 0 Å². The van der Waals surface area contributed by atoms with Gasteiger partial charge in [0.2, 0.25) is 0 Å². The van der Waals surface area contributed by atoms with Gasteiger partial charge in [-0.2, -0.15) is 0 Å². The first-order chi connectivity index (χ1) is 9.40. The van der Waals surface area contributed by atoms with Crippen LogP contribution in [0.2, 0.25) is 0 Å². The van der Waals surface area contributed by atoms with Crippen molar-refractivity contribution in [3.05, 3.63) is 34.4 Å². The maximum absolute atomic E-state index is 11.5. The highest BCUT2D eigenvalue weighted by atomic mass is 16.6. The number of hydrogen-bond acceptors (Lipinski definition) is 5. The molecule has 20 heavy (non-hydrogen) atoms. The van der Waals surface area contributed by atoms with Crippen molar-refractivity contribution in [1.29, 1.82) is 0 Å². The van der Waals surface area contributed by atoms with Gasteiger partial charge in [0.05, 0.1) is 17.1 Å². The molecule has 0 saturated carbocycles. The molecule has 0 fully saturated rings. The van der Waals surface area contributed by atoms with Crippen molar-refractivity contribution in [2.75, 3.05) is 13.2 Å². The molecule has 0 radical (unpaired) electrons. The Morgan fingerprint density at radius 1 is 1.50 bits per heavy atom. The van der Waals surface area contributed by atoms with Gasteiger partial charge in [-0.1, -0.05) is 19.9 Å². The topological polar surface area (TPSA) is 102 Å². The number of carbonyl (C=O) groups is 1. The summed E-state index contributed by atoms with van der Waals surface area (Å²) in [6, 6.07) is 5.60. The first kappa shape index (κ1) is 15.9. The first-order valence-corrected chi connectivity index (χ1v) is 6.22. The molecule has 7 nitrogen and oxygen atoms in total. The highest BCUT2D eigenvalue weighted by molar-refractivity contribution is 5.77. The van der Waals surface area contributed by atoms with Gasteiger partial charge in [-0.3, -0.25) is 14.9 Å². The third-order valence-corrected chi connectivity index (χ3v) is 2.68. The van der Waals surface area contributed by atoms with Crippen LogP contribution in [0, 0.1) is 16.0 Å². The van der Waals surface area contributed by atoms with Crippen LogP contribution in [-0.2, 0) is 4.79 Å². The second-order valence-corrected chi connectivity index (χ2v) is 4.66. The van der Waals surface area contributed by atoms with Crippen molar-refractivity contribution in [1.82, 2.24) is 5.32 Å². The van der Waals surface area contributed by atoms with E-state index in [1.807, 2.05) is 13.8 Å². The molecule has 1 rings (SSSR count). The van der Waals surface area contributed by atoms with Gasteiger partial charge in [0.15, 0.2) is 6.61 Å². The number of rotatable bonds is 7. The number of nitrogens with one attached hydrogen (secondary N) is 1. The second kappa shape index (κ2) is 7.44. The summed E-state index contributed by atoms with van der Waals surface area (Å²) < 4.78 is 5.15. The molecule has 7 heteroatoms. The van der Waals surface area contributed by atoms with Gasteiger partial charge in [0.1, 0.15) is 5.75 Å². The minimum atomic E-state index is -0.614. The van der Waals surface area contributed by atoms with Crippen LogP contribution in [0.25, 0.3) is 0 Å². The van der Waals surface area contributed by atoms with E-state index in [9.17, 15) is 20.0 Å². The van der Waals surface area contributed by atoms with Crippen LogP contribution in [0.15, 0.2) is 24.3 Å². The second-order valence-electron chi connectivity index (χ2n) is 4.66. The number of nitrogens with zero attached hydrogens (tertiary/aromatic N) is 1. The number of aliphatic hydroxyl groups is 1. The molecule has 1 aromatic carbocycles. The lowest BCUT2D eigenvalue weighted by molar-refractivity contribution is -0.384. The number of amides is 1. The Bertz CT molecular complexity index is 476. The van der Waals surface area contributed by atoms with Crippen LogP contribution in [0.1, 0.15) is 13.8 Å². The van der Waals surface area contributed by atoms with Crippen LogP contribution in [-0.4, -0.2) is 35.2 Å². The van der Waals surface area contributed by atoms with Gasteiger partial charge in [0, 0.05) is 12.6 Å². The molecular weight excluding hydrogens is 264 g/mol. The average Bonchev–Trinajstić information content (AvgIpc) is 2.42. The van der Waals surface area contributed by atoms with Crippen LogP contribution in [0.3, 0.4) is 0 Å². The summed E-state index contributed by atoms with van der Waals surface area (Å²) in [7, 11) is 0. The summed E-state index contributed by atoms with van der Waals surface area (Å²) in [6.07, 6.45) is -0.614. The molecular formula is C13H18N2O5. The lowest BCUT2D eigenvalue weighted by Gasteiger charge is -2.15. The Labute approximate surface area is 116 Å². The highest BCUT2D eigenvalue weighted by Gasteiger charge is 2.11. The predicted octanol–water partition coefficient (Wildman–Crippen LogP) is 1.11. The van der Waals surface area contributed by atoms with Crippen LogP contribution >= 0.6 is 0 Å². The number of aliphatic hydroxyl groups excluding tert-OH is 1. The summed E-state index contributed by atoms with van der Waals surface area (Å²) in [5.41, 5.74) is -0.0989. The largest absolute Gasteiger partial charge is 0.484 e. The SMILES string of the molecule is CC(C)C(O)CNC(=O)COc1cccc([N+](=O)[O-])c1. The zero-order chi connectivity index (χ0) is 15.1. The molecule has 0 saturated heterocycles. The fourth-order valence-corrected chi connectivity index (χ4v) is 1.34. The van der Waals surface area contributed by atoms with Crippen LogP contribution in [0.5, 0.6) is 5.75 Å². The minimum absolute atomic E-state index is 0.0491. The maximum Gasteiger partial charge on any atom is 0.273 e. The van der Waals surface area contributed by atoms with Crippen molar-refractivity contribution in [3.63, 3.8) is 0 Å². The number of ether oxygens (including phenoxy) is 1. The standard InChI is InChI=1S/C13H18N2O5/c1-9(2)12(16)7-14-13(17)8-20-11-5-3-4-10(6-11)15(18)19/h3-6,9,12,16H,7-8H2,1-2H3,(H,14,17). The van der Waals surface area contributed by atoms with Gasteiger partial charge >= 0.3 is 0 Å². The van der Waals surface area contributed by atoms with Gasteiger partial charge in [-0.25, -0.2) is 0 Å². The lowest BCUT2D eigenvalue weighted by atomic mass is 10.1. The highest BCUT2D eigenvalue weighted by Crippen LogP contribution is 2.18. The normalized spacial score (nSPS) is 12.0. The quantitative estimate of drug-likeness (QED) is 0.576. The zero-order valence-electron chi connectivity index (χ0n) is 11.4. The van der Waals surface area contributed by atoms with E-state index >= 15 is 0 Å². The van der Waals surface area contributed by atoms with Crippen molar-refractivity contribution < 1.29 is 19.6 Å². The molecule has 1 amide bonds. The predicted molar refractivity (Wildman–Crippen MR) is 72.4 cm³/mol. The van der Waals surface area contributed by atoms with Crippen LogP contribution in [0.4, 0.5) is 5.69 Å². The Balaban J connectivity index is 2.41. The molecule has 1 unspecified atom stereocenters. The molecule has 0 aliphatic rings. The zero-order valence-corrected chi connectivity index (χ0v) is 11.4. The van der Waals surface area contributed by atoms with Gasteiger partial charge in [0.25, 0.3) is 11.6 Å². The van der Waals surface area contributed by atoms with E-state index in [0.717, 1.165) is 0 Å². The Kier molecular flexibility index (Phi) is 5.92. The third-order valence-electron chi connectivity index (χ3n) is 2.68. The summed E-state index contributed by atoms with van der Waals surface area (Å²) in [6.45, 7) is 3.58. The third kappa shape index (κ3) is 5.23. The lowest BCUT2D eigenvalue weighted by Crippen LogP contribution is -2.37. The molecule has 0 spiro atoms. The average molecular weight is 282 g/mol. The first-order valence-electron chi connectivity index (χ1n) is 6.22. The maximum atomic E-state index is 11.5. The molecule has 1 atom stereocenters. The van der Waals surface area contributed by atoms with E-state index in [2.05, 4.69) is 5.32 Å². The van der Waals surface area contributed by atoms with Crippen molar-refractivity contribution in [2.45, 2.75) is 20.0 Å². The Morgan fingerprint density at radius 2 is 2.20 bits per heavy atom. The van der Waals surface area contributed by atoms with E-state index < -0.39 is 16.9 Å². The molecule has 2 N–H and O–H groups in total. The van der Waals surface area contributed by atoms with E-state index in [-0.39, 0.29) is 30.5 Å². The molecule has 0 aromatic heterocycles. The van der Waals surface area contributed by atoms with Crippen molar-refractivity contribution >= 4 is 11.6 Å². The number of hydrogen-bond donors (Lipinski definition) is 2. The van der Waals surface area contributed by atoms with Crippen LogP contribution < -0.4 is 10.1 Å². The van der Waals surface area contributed by atoms with E-state index in [0.29, 0.717) is 0 Å². The molecule has 0 heterocycles. The number of carbonyl (C=O) groups excluding carboxylic acids is 1. The monoisotopic (exact) mass is 282 g/mol. The van der Waals surface area contributed by atoms with E-state index in [1.165, 1.54) is 24.3 Å². The molecule has 0 aliphatic carbocycles.